The van der Waals surface area contributed by atoms with Gasteiger partial charge < -0.3 is 15.5 Å². The van der Waals surface area contributed by atoms with E-state index in [1.807, 2.05) is 0 Å². The molecule has 0 saturated heterocycles. The maximum atomic E-state index is 11.5. The molecule has 1 amide bonds. The van der Waals surface area contributed by atoms with E-state index in [1.54, 1.807) is 18.2 Å². The predicted octanol–water partition coefficient (Wildman–Crippen LogP) is 2.04. The molecule has 0 bridgehead atoms. The van der Waals surface area contributed by atoms with Crippen molar-refractivity contribution in [1.29, 1.82) is 0 Å². The zero-order valence-electron chi connectivity index (χ0n) is 10.3. The predicted molar refractivity (Wildman–Crippen MR) is 78.5 cm³/mol. The van der Waals surface area contributed by atoms with Gasteiger partial charge in [0.25, 0.3) is 0 Å². The van der Waals surface area contributed by atoms with Gasteiger partial charge in [0.2, 0.25) is 5.91 Å². The Morgan fingerprint density at radius 3 is 2.70 bits per heavy atom. The van der Waals surface area contributed by atoms with Crippen LogP contribution in [0.3, 0.4) is 0 Å². The molecule has 3 N–H and O–H groups in total. The van der Waals surface area contributed by atoms with Gasteiger partial charge in [-0.1, -0.05) is 23.2 Å². The number of aliphatic hydroxyl groups excluding tert-OH is 1. The van der Waals surface area contributed by atoms with Crippen LogP contribution in [0.4, 0.5) is 0 Å². The molecule has 0 aliphatic rings. The molecule has 0 unspecified atom stereocenters. The molecular weight excluding hydrogens is 325 g/mol. The minimum atomic E-state index is -1.47. The van der Waals surface area contributed by atoms with Crippen molar-refractivity contribution in [2.75, 3.05) is 12.3 Å². The molecule has 0 heterocycles. The van der Waals surface area contributed by atoms with Gasteiger partial charge in [-0.2, -0.15) is 0 Å². The van der Waals surface area contributed by atoms with Crippen molar-refractivity contribution in [2.24, 2.45) is 0 Å². The highest BCUT2D eigenvalue weighted by atomic mass is 35.5. The molecule has 1 rings (SSSR count). The Morgan fingerprint density at radius 1 is 1.35 bits per heavy atom. The fourth-order valence-corrected chi connectivity index (χ4v) is 2.58. The van der Waals surface area contributed by atoms with E-state index in [4.69, 9.17) is 33.4 Å². The molecule has 20 heavy (non-hydrogen) atoms. The van der Waals surface area contributed by atoms with Crippen LogP contribution in [0.15, 0.2) is 23.1 Å². The summed E-state index contributed by atoms with van der Waals surface area (Å²) in [4.78, 5) is 22.6. The summed E-state index contributed by atoms with van der Waals surface area (Å²) >= 11 is 13.0. The van der Waals surface area contributed by atoms with Crippen LogP contribution in [-0.2, 0) is 9.59 Å². The van der Waals surface area contributed by atoms with E-state index in [0.717, 1.165) is 0 Å². The highest BCUT2D eigenvalue weighted by Crippen LogP contribution is 2.29. The molecule has 1 aromatic rings. The second kappa shape index (κ2) is 8.36. The van der Waals surface area contributed by atoms with Crippen molar-refractivity contribution in [2.45, 2.75) is 17.4 Å². The number of amides is 1. The van der Waals surface area contributed by atoms with Crippen LogP contribution in [0.2, 0.25) is 10.0 Å². The van der Waals surface area contributed by atoms with Gasteiger partial charge in [0, 0.05) is 22.9 Å². The smallest absolute Gasteiger partial charge is 0.332 e. The number of carbonyl (C=O) groups is 2. The molecule has 0 aromatic heterocycles. The number of aliphatic carboxylic acids is 1. The number of hydrogen-bond donors (Lipinski definition) is 3. The highest BCUT2D eigenvalue weighted by molar-refractivity contribution is 8.00. The minimum absolute atomic E-state index is 0.0380. The molecule has 0 spiro atoms. The summed E-state index contributed by atoms with van der Waals surface area (Å²) in [6.07, 6.45) is -1.51. The monoisotopic (exact) mass is 337 g/mol. The Labute approximate surface area is 130 Å². The third-order valence-electron chi connectivity index (χ3n) is 2.28. The molecule has 110 valence electrons. The highest BCUT2D eigenvalue weighted by Gasteiger charge is 2.13. The first kappa shape index (κ1) is 17.1. The molecule has 0 radical (unpaired) electrons. The summed E-state index contributed by atoms with van der Waals surface area (Å²) in [6, 6.07) is 4.96. The quantitative estimate of drug-likeness (QED) is 0.663. The number of carboxylic acid groups (broad SMARTS) is 1. The third kappa shape index (κ3) is 6.00. The number of carbonyl (C=O) groups excluding carboxylic acids is 1. The first-order valence-electron chi connectivity index (χ1n) is 5.65. The van der Waals surface area contributed by atoms with Crippen molar-refractivity contribution >= 4 is 46.8 Å². The maximum absolute atomic E-state index is 11.5. The van der Waals surface area contributed by atoms with Gasteiger partial charge in [0.15, 0.2) is 6.10 Å². The Bertz CT molecular complexity index is 498. The molecule has 8 heteroatoms. The zero-order chi connectivity index (χ0) is 15.1. The molecule has 1 aromatic carbocycles. The lowest BCUT2D eigenvalue weighted by atomic mass is 10.2. The molecule has 0 saturated carbocycles. The maximum Gasteiger partial charge on any atom is 0.332 e. The SMILES string of the molecule is O=C(CSc1cc(Cl)ccc1Cl)NCC[C@H](O)C(=O)O. The molecule has 1 atom stereocenters. The number of rotatable bonds is 7. The second-order valence-electron chi connectivity index (χ2n) is 3.86. The number of thioether (sulfide) groups is 1. The van der Waals surface area contributed by atoms with E-state index in [-0.39, 0.29) is 24.6 Å². The first-order valence-corrected chi connectivity index (χ1v) is 7.39. The largest absolute Gasteiger partial charge is 0.479 e. The van der Waals surface area contributed by atoms with E-state index in [2.05, 4.69) is 5.32 Å². The Hall–Kier alpha value is -0.950. The topological polar surface area (TPSA) is 86.6 Å². The fourth-order valence-electron chi connectivity index (χ4n) is 1.25. The summed E-state index contributed by atoms with van der Waals surface area (Å²) in [5.74, 6) is -1.45. The van der Waals surface area contributed by atoms with E-state index < -0.39 is 12.1 Å². The Balaban J connectivity index is 2.33. The van der Waals surface area contributed by atoms with E-state index >= 15 is 0 Å². The van der Waals surface area contributed by atoms with Crippen LogP contribution in [0, 0.1) is 0 Å². The number of hydrogen-bond acceptors (Lipinski definition) is 4. The number of benzene rings is 1. The van der Waals surface area contributed by atoms with Crippen molar-refractivity contribution in [3.05, 3.63) is 28.2 Å². The fraction of sp³-hybridized carbons (Fsp3) is 0.333. The van der Waals surface area contributed by atoms with Gasteiger partial charge in [-0.25, -0.2) is 4.79 Å². The number of aliphatic hydroxyl groups is 1. The standard InChI is InChI=1S/C12H13Cl2NO4S/c13-7-1-2-8(14)10(5-7)20-6-11(17)15-4-3-9(16)12(18)19/h1-2,5,9,16H,3-4,6H2,(H,15,17)(H,18,19)/t9-/m0/s1. The van der Waals surface area contributed by atoms with Gasteiger partial charge >= 0.3 is 5.97 Å². The lowest BCUT2D eigenvalue weighted by Gasteiger charge is -2.08. The van der Waals surface area contributed by atoms with E-state index in [0.29, 0.717) is 14.9 Å². The minimum Gasteiger partial charge on any atom is -0.479 e. The molecule has 0 aliphatic carbocycles. The van der Waals surface area contributed by atoms with Crippen LogP contribution < -0.4 is 5.32 Å². The van der Waals surface area contributed by atoms with E-state index in [9.17, 15) is 9.59 Å². The Kier molecular flexibility index (Phi) is 7.15. The first-order chi connectivity index (χ1) is 9.40. The number of halogens is 2. The lowest BCUT2D eigenvalue weighted by Crippen LogP contribution is -2.31. The van der Waals surface area contributed by atoms with Crippen molar-refractivity contribution in [3.8, 4) is 0 Å². The van der Waals surface area contributed by atoms with Crippen LogP contribution in [0.5, 0.6) is 0 Å². The van der Waals surface area contributed by atoms with Crippen molar-refractivity contribution in [1.82, 2.24) is 5.32 Å². The molecule has 0 aliphatic heterocycles. The summed E-state index contributed by atoms with van der Waals surface area (Å²) in [5, 5.41) is 21.0. The van der Waals surface area contributed by atoms with E-state index in [1.165, 1.54) is 11.8 Å². The lowest BCUT2D eigenvalue weighted by molar-refractivity contribution is -0.147. The number of nitrogens with one attached hydrogen (secondary N) is 1. The molecule has 5 nitrogen and oxygen atoms in total. The average molecular weight is 338 g/mol. The molecule has 0 fully saturated rings. The van der Waals surface area contributed by atoms with Gasteiger partial charge in [-0.05, 0) is 18.2 Å². The van der Waals surface area contributed by atoms with Crippen molar-refractivity contribution in [3.63, 3.8) is 0 Å². The Morgan fingerprint density at radius 2 is 2.05 bits per heavy atom. The van der Waals surface area contributed by atoms with Gasteiger partial charge in [0.05, 0.1) is 10.8 Å². The van der Waals surface area contributed by atoms with Crippen LogP contribution >= 0.6 is 35.0 Å². The summed E-state index contributed by atoms with van der Waals surface area (Å²) in [7, 11) is 0. The summed E-state index contributed by atoms with van der Waals surface area (Å²) < 4.78 is 0. The average Bonchev–Trinajstić information content (AvgIpc) is 2.39. The van der Waals surface area contributed by atoms with Crippen LogP contribution in [0.1, 0.15) is 6.42 Å². The van der Waals surface area contributed by atoms with Crippen molar-refractivity contribution < 1.29 is 19.8 Å². The van der Waals surface area contributed by atoms with Crippen LogP contribution in [0.25, 0.3) is 0 Å². The molecular formula is C12H13Cl2NO4S. The van der Waals surface area contributed by atoms with Crippen LogP contribution in [-0.4, -0.2) is 40.5 Å². The summed E-state index contributed by atoms with van der Waals surface area (Å²) in [5.41, 5.74) is 0. The third-order valence-corrected chi connectivity index (χ3v) is 4.01. The normalized spacial score (nSPS) is 11.9. The zero-order valence-corrected chi connectivity index (χ0v) is 12.6. The van der Waals surface area contributed by atoms with Gasteiger partial charge in [-0.3, -0.25) is 4.79 Å². The van der Waals surface area contributed by atoms with Gasteiger partial charge in [0.1, 0.15) is 0 Å². The summed E-state index contributed by atoms with van der Waals surface area (Å²) in [6.45, 7) is 0.0934. The second-order valence-corrected chi connectivity index (χ2v) is 5.72. The van der Waals surface area contributed by atoms with Gasteiger partial charge in [-0.15, -0.1) is 11.8 Å². The number of carboxylic acids is 1.